The minimum atomic E-state index is -0.0553. The van der Waals surface area contributed by atoms with Crippen LogP contribution in [0.5, 0.6) is 0 Å². The molecule has 7 heteroatoms. The van der Waals surface area contributed by atoms with Gasteiger partial charge >= 0.3 is 0 Å². The quantitative estimate of drug-likeness (QED) is 0.833. The monoisotopic (exact) mass is 356 g/mol. The molecule has 3 N–H and O–H groups in total. The Hall–Kier alpha value is -1.56. The van der Waals surface area contributed by atoms with Gasteiger partial charge in [-0.25, -0.2) is 4.98 Å². The van der Waals surface area contributed by atoms with Gasteiger partial charge in [0.2, 0.25) is 0 Å². The Morgan fingerprint density at radius 1 is 1.30 bits per heavy atom. The highest BCUT2D eigenvalue weighted by molar-refractivity contribution is 5.94. The molecule has 1 fully saturated rings. The van der Waals surface area contributed by atoms with Crippen LogP contribution in [0.2, 0.25) is 0 Å². The highest BCUT2D eigenvalue weighted by atomic mass is 35.5. The lowest BCUT2D eigenvalue weighted by atomic mass is 10.1. The van der Waals surface area contributed by atoms with Gasteiger partial charge in [-0.1, -0.05) is 12.1 Å². The first-order chi connectivity index (χ1) is 10.2. The molecule has 0 saturated heterocycles. The first-order valence-corrected chi connectivity index (χ1v) is 7.31. The molecule has 1 aromatic carbocycles. The summed E-state index contributed by atoms with van der Waals surface area (Å²) in [5.74, 6) is 0.545. The lowest BCUT2D eigenvalue weighted by Gasteiger charge is -2.11. The third kappa shape index (κ3) is 5.53. The summed E-state index contributed by atoms with van der Waals surface area (Å²) in [7, 11) is 0. The van der Waals surface area contributed by atoms with Crippen molar-refractivity contribution in [3.63, 3.8) is 0 Å². The summed E-state index contributed by atoms with van der Waals surface area (Å²) in [5.41, 5.74) is 7.79. The van der Waals surface area contributed by atoms with Crippen LogP contribution in [0.3, 0.4) is 0 Å². The fourth-order valence-corrected chi connectivity index (χ4v) is 2.36. The Morgan fingerprint density at radius 2 is 2.00 bits per heavy atom. The summed E-state index contributed by atoms with van der Waals surface area (Å²) >= 11 is 0. The number of hydrogen-bond donors (Lipinski definition) is 2. The number of carbonyl (C=O) groups is 1. The van der Waals surface area contributed by atoms with E-state index >= 15 is 0 Å². The molecule has 126 valence electrons. The van der Waals surface area contributed by atoms with Crippen LogP contribution < -0.4 is 11.1 Å². The molecule has 1 unspecified atom stereocenters. The standard InChI is InChI=1S/C16H20N4O.2ClH/c17-15(13-5-6-13)9-19-16(21)14-3-1-12(2-4-14)10-20-8-7-18-11-20;;/h1-4,7-8,11,13,15H,5-6,9-10,17H2,(H,19,21);2*1H. The van der Waals surface area contributed by atoms with E-state index in [1.165, 1.54) is 12.8 Å². The molecule has 23 heavy (non-hydrogen) atoms. The maximum atomic E-state index is 12.0. The van der Waals surface area contributed by atoms with Gasteiger partial charge in [-0.2, -0.15) is 0 Å². The molecule has 1 saturated carbocycles. The molecule has 0 aliphatic heterocycles. The molecule has 2 aromatic rings. The summed E-state index contributed by atoms with van der Waals surface area (Å²) in [6.07, 6.45) is 7.84. The van der Waals surface area contributed by atoms with Crippen molar-refractivity contribution in [2.24, 2.45) is 11.7 Å². The minimum Gasteiger partial charge on any atom is -0.350 e. The zero-order valence-electron chi connectivity index (χ0n) is 12.7. The number of amides is 1. The second-order valence-electron chi connectivity index (χ2n) is 5.64. The van der Waals surface area contributed by atoms with Crippen molar-refractivity contribution in [3.8, 4) is 0 Å². The van der Waals surface area contributed by atoms with Crippen molar-refractivity contribution in [3.05, 3.63) is 54.1 Å². The van der Waals surface area contributed by atoms with Crippen LogP contribution in [-0.2, 0) is 6.54 Å². The molecule has 0 bridgehead atoms. The van der Waals surface area contributed by atoms with Gasteiger partial charge in [-0.3, -0.25) is 4.79 Å². The lowest BCUT2D eigenvalue weighted by molar-refractivity contribution is 0.0950. The number of halogens is 2. The zero-order valence-corrected chi connectivity index (χ0v) is 14.4. The first-order valence-electron chi connectivity index (χ1n) is 7.31. The topological polar surface area (TPSA) is 72.9 Å². The Bertz CT molecular complexity index is 597. The molecule has 1 heterocycles. The molecule has 1 atom stereocenters. The van der Waals surface area contributed by atoms with Gasteiger partial charge in [0.1, 0.15) is 0 Å². The van der Waals surface area contributed by atoms with Crippen LogP contribution in [-0.4, -0.2) is 28.0 Å². The van der Waals surface area contributed by atoms with Gasteiger partial charge in [0.25, 0.3) is 5.91 Å². The van der Waals surface area contributed by atoms with E-state index in [1.807, 2.05) is 35.0 Å². The molecule has 0 spiro atoms. The maximum Gasteiger partial charge on any atom is 0.251 e. The van der Waals surface area contributed by atoms with Crippen LogP contribution in [0, 0.1) is 5.92 Å². The average molecular weight is 357 g/mol. The number of rotatable bonds is 6. The number of nitrogens with zero attached hydrogens (tertiary/aromatic N) is 2. The lowest BCUT2D eigenvalue weighted by Crippen LogP contribution is -2.38. The molecule has 5 nitrogen and oxygen atoms in total. The van der Waals surface area contributed by atoms with E-state index in [2.05, 4.69) is 10.3 Å². The van der Waals surface area contributed by atoms with Crippen molar-refractivity contribution in [1.82, 2.24) is 14.9 Å². The number of benzene rings is 1. The number of nitrogens with two attached hydrogens (primary N) is 1. The van der Waals surface area contributed by atoms with E-state index < -0.39 is 0 Å². The second-order valence-corrected chi connectivity index (χ2v) is 5.64. The Labute approximate surface area is 148 Å². The number of nitrogens with one attached hydrogen (secondary N) is 1. The van der Waals surface area contributed by atoms with Crippen LogP contribution >= 0.6 is 24.8 Å². The molecule has 1 amide bonds. The van der Waals surface area contributed by atoms with Gasteiger partial charge in [0, 0.05) is 37.1 Å². The highest BCUT2D eigenvalue weighted by Gasteiger charge is 2.28. The van der Waals surface area contributed by atoms with Crippen LogP contribution in [0.1, 0.15) is 28.8 Å². The first kappa shape index (κ1) is 19.5. The fraction of sp³-hybridized carbons (Fsp3) is 0.375. The van der Waals surface area contributed by atoms with Crippen LogP contribution in [0.25, 0.3) is 0 Å². The number of hydrogen-bond acceptors (Lipinski definition) is 3. The van der Waals surface area contributed by atoms with Crippen LogP contribution in [0.15, 0.2) is 43.0 Å². The predicted octanol–water partition coefficient (Wildman–Crippen LogP) is 2.24. The highest BCUT2D eigenvalue weighted by Crippen LogP contribution is 2.31. The maximum absolute atomic E-state index is 12.0. The number of imidazole rings is 1. The predicted molar refractivity (Wildman–Crippen MR) is 95.3 cm³/mol. The van der Waals surface area contributed by atoms with E-state index in [1.54, 1.807) is 12.5 Å². The SMILES string of the molecule is Cl.Cl.NC(CNC(=O)c1ccc(Cn2ccnc2)cc1)C1CC1. The van der Waals surface area contributed by atoms with E-state index in [-0.39, 0.29) is 36.8 Å². The zero-order chi connectivity index (χ0) is 14.7. The fourth-order valence-electron chi connectivity index (χ4n) is 2.36. The number of aromatic nitrogens is 2. The van der Waals surface area contributed by atoms with E-state index in [4.69, 9.17) is 5.73 Å². The smallest absolute Gasteiger partial charge is 0.251 e. The molecular weight excluding hydrogens is 335 g/mol. The summed E-state index contributed by atoms with van der Waals surface area (Å²) in [6.45, 7) is 1.31. The summed E-state index contributed by atoms with van der Waals surface area (Å²) < 4.78 is 1.99. The molecule has 1 aromatic heterocycles. The largest absolute Gasteiger partial charge is 0.350 e. The molecular formula is C16H22Cl2N4O. The normalized spacial score (nSPS) is 14.3. The van der Waals surface area contributed by atoms with Gasteiger partial charge < -0.3 is 15.6 Å². The summed E-state index contributed by atoms with van der Waals surface area (Å²) in [6, 6.07) is 7.73. The van der Waals surface area contributed by atoms with Crippen molar-refractivity contribution < 1.29 is 4.79 Å². The van der Waals surface area contributed by atoms with Crippen molar-refractivity contribution in [1.29, 1.82) is 0 Å². The van der Waals surface area contributed by atoms with E-state index in [0.29, 0.717) is 18.0 Å². The van der Waals surface area contributed by atoms with Crippen molar-refractivity contribution in [2.75, 3.05) is 6.54 Å². The van der Waals surface area contributed by atoms with Gasteiger partial charge in [-0.05, 0) is 36.5 Å². The molecule has 3 rings (SSSR count). The molecule has 1 aliphatic carbocycles. The third-order valence-corrected chi connectivity index (χ3v) is 3.87. The molecule has 0 radical (unpaired) electrons. The van der Waals surface area contributed by atoms with E-state index in [9.17, 15) is 4.79 Å². The van der Waals surface area contributed by atoms with Crippen molar-refractivity contribution in [2.45, 2.75) is 25.4 Å². The Morgan fingerprint density at radius 3 is 2.57 bits per heavy atom. The third-order valence-electron chi connectivity index (χ3n) is 3.87. The minimum absolute atomic E-state index is 0. The Kier molecular flexibility index (Phi) is 7.55. The van der Waals surface area contributed by atoms with Gasteiger partial charge in [-0.15, -0.1) is 24.8 Å². The molecule has 1 aliphatic rings. The summed E-state index contributed by atoms with van der Waals surface area (Å²) in [4.78, 5) is 16.0. The number of carbonyl (C=O) groups excluding carboxylic acids is 1. The van der Waals surface area contributed by atoms with Gasteiger partial charge in [0.15, 0.2) is 0 Å². The Balaban J connectivity index is 0.00000132. The average Bonchev–Trinajstić information content (AvgIpc) is 3.24. The van der Waals surface area contributed by atoms with E-state index in [0.717, 1.165) is 12.1 Å². The van der Waals surface area contributed by atoms with Crippen LogP contribution in [0.4, 0.5) is 0 Å². The van der Waals surface area contributed by atoms with Crippen molar-refractivity contribution >= 4 is 30.7 Å². The summed E-state index contributed by atoms with van der Waals surface area (Å²) in [5, 5.41) is 2.91. The second kappa shape index (κ2) is 8.91. The van der Waals surface area contributed by atoms with Gasteiger partial charge in [0.05, 0.1) is 6.33 Å².